The molecule has 0 fully saturated rings. The number of nitrogens with one attached hydrogen (secondary N) is 1. The number of allylic oxidation sites excluding steroid dienone is 1. The smallest absolute Gasteiger partial charge is 0.242 e. The molecule has 1 N–H and O–H groups in total. The maximum Gasteiger partial charge on any atom is 0.242 e. The first-order chi connectivity index (χ1) is 7.75. The van der Waals surface area contributed by atoms with Gasteiger partial charge in [-0.25, -0.2) is 0 Å². The maximum absolute atomic E-state index is 11.6. The lowest BCUT2D eigenvalue weighted by Crippen LogP contribution is -2.27. The molecule has 0 saturated heterocycles. The highest BCUT2D eigenvalue weighted by molar-refractivity contribution is 6.30. The van der Waals surface area contributed by atoms with E-state index in [1.54, 1.807) is 0 Å². The Morgan fingerprint density at radius 3 is 2.75 bits per heavy atom. The summed E-state index contributed by atoms with van der Waals surface area (Å²) in [6, 6.07) is 9.35. The van der Waals surface area contributed by atoms with Crippen molar-refractivity contribution in [3.63, 3.8) is 0 Å². The number of carbonyl (C=O) groups is 1. The van der Waals surface area contributed by atoms with E-state index in [2.05, 4.69) is 5.32 Å². The fourth-order valence-electron chi connectivity index (χ4n) is 1.31. The van der Waals surface area contributed by atoms with E-state index < -0.39 is 5.38 Å². The number of carbonyl (C=O) groups excluding carboxylic acids is 1. The lowest BCUT2D eigenvalue weighted by atomic mass is 10.1. The van der Waals surface area contributed by atoms with Gasteiger partial charge in [0.05, 0.1) is 0 Å². The zero-order valence-electron chi connectivity index (χ0n) is 9.32. The van der Waals surface area contributed by atoms with Crippen LogP contribution in [0.25, 0.3) is 0 Å². The molecule has 0 aliphatic carbocycles. The van der Waals surface area contributed by atoms with E-state index in [-0.39, 0.29) is 5.91 Å². The third-order valence-corrected chi connectivity index (χ3v) is 2.62. The predicted molar refractivity (Wildman–Crippen MR) is 67.5 cm³/mol. The molecule has 3 heteroatoms. The minimum atomic E-state index is -0.605. The van der Waals surface area contributed by atoms with Crippen molar-refractivity contribution in [2.24, 2.45) is 0 Å². The Hall–Kier alpha value is -1.28. The van der Waals surface area contributed by atoms with E-state index in [4.69, 9.17) is 11.6 Å². The monoisotopic (exact) mass is 237 g/mol. The molecule has 0 spiro atoms. The molecule has 0 radical (unpaired) electrons. The van der Waals surface area contributed by atoms with Crippen molar-refractivity contribution >= 4 is 17.5 Å². The summed E-state index contributed by atoms with van der Waals surface area (Å²) in [6.45, 7) is 2.58. The van der Waals surface area contributed by atoms with Gasteiger partial charge in [0.25, 0.3) is 0 Å². The molecule has 0 aliphatic heterocycles. The van der Waals surface area contributed by atoms with Crippen molar-refractivity contribution in [3.05, 3.63) is 48.0 Å². The Morgan fingerprint density at radius 1 is 1.44 bits per heavy atom. The van der Waals surface area contributed by atoms with Crippen molar-refractivity contribution in [1.82, 2.24) is 5.32 Å². The summed E-state index contributed by atoms with van der Waals surface area (Å²) in [7, 11) is 0. The van der Waals surface area contributed by atoms with Crippen LogP contribution in [0, 0.1) is 0 Å². The molecule has 2 nitrogen and oxygen atoms in total. The molecule has 86 valence electrons. The average Bonchev–Trinajstić information content (AvgIpc) is 2.34. The van der Waals surface area contributed by atoms with Crippen LogP contribution < -0.4 is 5.32 Å². The summed E-state index contributed by atoms with van der Waals surface area (Å²) in [5, 5.41) is 2.19. The summed E-state index contributed by atoms with van der Waals surface area (Å²) < 4.78 is 0. The Morgan fingerprint density at radius 2 is 2.12 bits per heavy atom. The van der Waals surface area contributed by atoms with Gasteiger partial charge >= 0.3 is 0 Å². The fraction of sp³-hybridized carbons (Fsp3) is 0.308. The van der Waals surface area contributed by atoms with E-state index in [0.717, 1.165) is 12.0 Å². The first-order valence-corrected chi connectivity index (χ1v) is 5.77. The normalized spacial score (nSPS) is 12.6. The van der Waals surface area contributed by atoms with Crippen LogP contribution in [0.5, 0.6) is 0 Å². The zero-order valence-corrected chi connectivity index (χ0v) is 10.1. The first kappa shape index (κ1) is 12.8. The fourth-order valence-corrected chi connectivity index (χ4v) is 1.53. The predicted octanol–water partition coefficient (Wildman–Crippen LogP) is 3.05. The van der Waals surface area contributed by atoms with Gasteiger partial charge in [0.1, 0.15) is 5.38 Å². The van der Waals surface area contributed by atoms with Crippen LogP contribution in [0.15, 0.2) is 42.5 Å². The van der Waals surface area contributed by atoms with E-state index in [9.17, 15) is 4.79 Å². The van der Waals surface area contributed by atoms with Gasteiger partial charge in [-0.15, -0.1) is 11.6 Å². The summed E-state index contributed by atoms with van der Waals surface area (Å²) in [5.74, 6) is -0.141. The molecule has 1 unspecified atom stereocenters. The van der Waals surface area contributed by atoms with Gasteiger partial charge in [-0.3, -0.25) is 4.79 Å². The van der Waals surface area contributed by atoms with E-state index in [0.29, 0.717) is 6.54 Å². The number of hydrogen-bond donors (Lipinski definition) is 1. The highest BCUT2D eigenvalue weighted by Crippen LogP contribution is 2.19. The number of benzene rings is 1. The molecular weight excluding hydrogens is 222 g/mol. The second-order valence-electron chi connectivity index (χ2n) is 3.42. The molecular formula is C13H16ClNO. The second kappa shape index (κ2) is 7.07. The summed E-state index contributed by atoms with van der Waals surface area (Å²) >= 11 is 6.04. The van der Waals surface area contributed by atoms with Crippen molar-refractivity contribution in [2.45, 2.75) is 18.7 Å². The van der Waals surface area contributed by atoms with Gasteiger partial charge in [0, 0.05) is 6.54 Å². The minimum absolute atomic E-state index is 0.141. The second-order valence-corrected chi connectivity index (χ2v) is 3.86. The van der Waals surface area contributed by atoms with Gasteiger partial charge in [0.2, 0.25) is 5.91 Å². The van der Waals surface area contributed by atoms with E-state index in [1.165, 1.54) is 0 Å². The topological polar surface area (TPSA) is 29.1 Å². The molecule has 1 aromatic rings. The largest absolute Gasteiger partial charge is 0.354 e. The molecule has 0 saturated carbocycles. The molecule has 0 aliphatic rings. The van der Waals surface area contributed by atoms with Crippen LogP contribution in [0.3, 0.4) is 0 Å². The van der Waals surface area contributed by atoms with Crippen LogP contribution >= 0.6 is 11.6 Å². The van der Waals surface area contributed by atoms with Gasteiger partial charge < -0.3 is 5.32 Å². The van der Waals surface area contributed by atoms with Gasteiger partial charge in [0.15, 0.2) is 0 Å². The van der Waals surface area contributed by atoms with Crippen molar-refractivity contribution in [1.29, 1.82) is 0 Å². The molecule has 1 amide bonds. The molecule has 1 rings (SSSR count). The number of hydrogen-bond acceptors (Lipinski definition) is 1. The molecule has 0 bridgehead atoms. The highest BCUT2D eigenvalue weighted by Gasteiger charge is 2.15. The standard InChI is InChI=1S/C13H16ClNO/c1-2-3-7-10-15-13(16)12(14)11-8-5-4-6-9-11/h2-6,8-9,12H,7,10H2,1H3,(H,15,16)/b3-2+. The first-order valence-electron chi connectivity index (χ1n) is 5.33. The van der Waals surface area contributed by atoms with Crippen molar-refractivity contribution in [2.75, 3.05) is 6.54 Å². The van der Waals surface area contributed by atoms with Crippen molar-refractivity contribution < 1.29 is 4.79 Å². The third kappa shape index (κ3) is 4.07. The Labute approximate surface area is 101 Å². The summed E-state index contributed by atoms with van der Waals surface area (Å²) in [6.07, 6.45) is 4.80. The third-order valence-electron chi connectivity index (χ3n) is 2.17. The van der Waals surface area contributed by atoms with Gasteiger partial charge in [-0.1, -0.05) is 42.5 Å². The van der Waals surface area contributed by atoms with Crippen LogP contribution in [-0.2, 0) is 4.79 Å². The summed E-state index contributed by atoms with van der Waals surface area (Å²) in [5.41, 5.74) is 0.827. The maximum atomic E-state index is 11.6. The minimum Gasteiger partial charge on any atom is -0.354 e. The lowest BCUT2D eigenvalue weighted by Gasteiger charge is -2.09. The SMILES string of the molecule is C/C=C/CCNC(=O)C(Cl)c1ccccc1. The summed E-state index contributed by atoms with van der Waals surface area (Å²) in [4.78, 5) is 11.6. The number of amides is 1. The van der Waals surface area contributed by atoms with E-state index in [1.807, 2.05) is 49.4 Å². The Bertz CT molecular complexity index is 348. The Kier molecular flexibility index (Phi) is 5.65. The highest BCUT2D eigenvalue weighted by atomic mass is 35.5. The molecule has 1 atom stereocenters. The lowest BCUT2D eigenvalue weighted by molar-refractivity contribution is -0.120. The number of rotatable bonds is 5. The van der Waals surface area contributed by atoms with Crippen LogP contribution in [0.4, 0.5) is 0 Å². The number of halogens is 1. The molecule has 1 aromatic carbocycles. The van der Waals surface area contributed by atoms with Crippen molar-refractivity contribution in [3.8, 4) is 0 Å². The van der Waals surface area contributed by atoms with Crippen LogP contribution in [-0.4, -0.2) is 12.5 Å². The molecule has 16 heavy (non-hydrogen) atoms. The van der Waals surface area contributed by atoms with E-state index >= 15 is 0 Å². The van der Waals surface area contributed by atoms with Gasteiger partial charge in [-0.05, 0) is 18.9 Å². The molecule has 0 heterocycles. The van der Waals surface area contributed by atoms with Crippen LogP contribution in [0.1, 0.15) is 24.3 Å². The molecule has 0 aromatic heterocycles. The van der Waals surface area contributed by atoms with Crippen LogP contribution in [0.2, 0.25) is 0 Å². The zero-order chi connectivity index (χ0) is 11.8. The quantitative estimate of drug-likeness (QED) is 0.476. The Balaban J connectivity index is 2.42. The average molecular weight is 238 g/mol. The van der Waals surface area contributed by atoms with Gasteiger partial charge in [-0.2, -0.15) is 0 Å². The number of alkyl halides is 1.